The van der Waals surface area contributed by atoms with Gasteiger partial charge in [-0.15, -0.1) is 0 Å². The van der Waals surface area contributed by atoms with Crippen LogP contribution >= 0.6 is 0 Å². The van der Waals surface area contributed by atoms with Gasteiger partial charge in [-0.1, -0.05) is 30.3 Å². The van der Waals surface area contributed by atoms with Crippen molar-refractivity contribution in [2.45, 2.75) is 19.4 Å². The number of anilines is 2. The first-order valence-electron chi connectivity index (χ1n) is 11.5. The first-order valence-corrected chi connectivity index (χ1v) is 13.0. The van der Waals surface area contributed by atoms with Crippen LogP contribution in [0.3, 0.4) is 0 Å². The van der Waals surface area contributed by atoms with Gasteiger partial charge in [-0.3, -0.25) is 9.52 Å². The molecule has 0 spiro atoms. The molecule has 3 amide bonds. The third-order valence-corrected chi connectivity index (χ3v) is 6.28. The van der Waals surface area contributed by atoms with Crippen LogP contribution in [0.5, 0.6) is 11.5 Å². The smallest absolute Gasteiger partial charge is 0.330 e. The second-order valence-corrected chi connectivity index (χ2v) is 9.39. The second kappa shape index (κ2) is 12.6. The van der Waals surface area contributed by atoms with Crippen LogP contribution in [0.1, 0.15) is 12.5 Å². The zero-order valence-electron chi connectivity index (χ0n) is 20.8. The van der Waals surface area contributed by atoms with E-state index in [4.69, 9.17) is 9.47 Å². The Labute approximate surface area is 216 Å². The monoisotopic (exact) mass is 526 g/mol. The van der Waals surface area contributed by atoms with E-state index in [1.165, 1.54) is 17.0 Å². The van der Waals surface area contributed by atoms with Crippen LogP contribution in [0, 0.1) is 0 Å². The van der Waals surface area contributed by atoms with Gasteiger partial charge in [-0.25, -0.2) is 9.52 Å². The first-order chi connectivity index (χ1) is 17.7. The number of hydrogen-bond acceptors (Lipinski definition) is 6. The molecular weight excluding hydrogens is 496 g/mol. The molecule has 10 nitrogen and oxygen atoms in total. The van der Waals surface area contributed by atoms with E-state index in [1.54, 1.807) is 50.6 Å². The lowest BCUT2D eigenvalue weighted by Crippen LogP contribution is -2.53. The van der Waals surface area contributed by atoms with Crippen LogP contribution in [0.2, 0.25) is 0 Å². The van der Waals surface area contributed by atoms with Gasteiger partial charge >= 0.3 is 16.2 Å². The third kappa shape index (κ3) is 8.14. The lowest BCUT2D eigenvalue weighted by atomic mass is 10.0. The van der Waals surface area contributed by atoms with Crippen LogP contribution in [0.4, 0.5) is 16.2 Å². The maximum atomic E-state index is 13.4. The summed E-state index contributed by atoms with van der Waals surface area (Å²) >= 11 is 0. The standard InChI is InChI=1S/C26H30N4O6S/c1-4-36-23-14-10-20(11-15-23)28-37(33,34)29-26(32)27-24(18-19-8-6-5-7-9-19)25(31)30(2)21-12-16-22(35-3)17-13-21/h5-17,24,28H,4,18H2,1-3H3,(H2,27,29,32). The number of benzene rings is 3. The minimum absolute atomic E-state index is 0.153. The molecule has 0 saturated carbocycles. The number of nitrogens with one attached hydrogen (secondary N) is 3. The fraction of sp³-hybridized carbons (Fsp3) is 0.231. The molecule has 1 unspecified atom stereocenters. The van der Waals surface area contributed by atoms with Gasteiger partial charge in [0.2, 0.25) is 5.91 Å². The Bertz CT molecular complexity index is 1280. The van der Waals surface area contributed by atoms with Crippen LogP contribution < -0.4 is 29.1 Å². The molecule has 1 atom stereocenters. The average Bonchev–Trinajstić information content (AvgIpc) is 2.89. The summed E-state index contributed by atoms with van der Waals surface area (Å²) in [5.41, 5.74) is 1.61. The van der Waals surface area contributed by atoms with Gasteiger partial charge in [-0.05, 0) is 61.0 Å². The van der Waals surface area contributed by atoms with Gasteiger partial charge in [0, 0.05) is 19.2 Å². The maximum absolute atomic E-state index is 13.4. The van der Waals surface area contributed by atoms with Gasteiger partial charge in [-0.2, -0.15) is 8.42 Å². The Hall–Kier alpha value is -4.25. The highest BCUT2D eigenvalue weighted by molar-refractivity contribution is 7.91. The van der Waals surface area contributed by atoms with E-state index >= 15 is 0 Å². The molecule has 0 radical (unpaired) electrons. The molecule has 0 aromatic heterocycles. The molecule has 0 aliphatic carbocycles. The van der Waals surface area contributed by atoms with Crippen molar-refractivity contribution in [3.63, 3.8) is 0 Å². The summed E-state index contributed by atoms with van der Waals surface area (Å²) in [6.45, 7) is 2.31. The molecule has 196 valence electrons. The molecule has 0 aliphatic heterocycles. The highest BCUT2D eigenvalue weighted by Crippen LogP contribution is 2.20. The van der Waals surface area contributed by atoms with Gasteiger partial charge in [0.15, 0.2) is 0 Å². The van der Waals surface area contributed by atoms with E-state index in [2.05, 4.69) is 10.0 Å². The Morgan fingerprint density at radius 2 is 1.54 bits per heavy atom. The van der Waals surface area contributed by atoms with E-state index in [1.807, 2.05) is 42.0 Å². The Balaban J connectivity index is 1.72. The van der Waals surface area contributed by atoms with Gasteiger partial charge in [0.25, 0.3) is 0 Å². The number of hydrogen-bond donors (Lipinski definition) is 3. The minimum atomic E-state index is -4.27. The van der Waals surface area contributed by atoms with Crippen molar-refractivity contribution in [1.29, 1.82) is 0 Å². The number of carbonyl (C=O) groups is 2. The Morgan fingerprint density at radius 1 is 0.919 bits per heavy atom. The zero-order valence-corrected chi connectivity index (χ0v) is 21.6. The van der Waals surface area contributed by atoms with Crippen molar-refractivity contribution in [1.82, 2.24) is 10.0 Å². The molecule has 3 aromatic carbocycles. The highest BCUT2D eigenvalue weighted by Gasteiger charge is 2.27. The van der Waals surface area contributed by atoms with E-state index < -0.39 is 28.2 Å². The molecule has 3 N–H and O–H groups in total. The summed E-state index contributed by atoms with van der Waals surface area (Å²) in [4.78, 5) is 27.4. The normalized spacial score (nSPS) is 11.6. The Morgan fingerprint density at radius 3 is 2.14 bits per heavy atom. The second-order valence-electron chi connectivity index (χ2n) is 7.98. The van der Waals surface area contributed by atoms with Crippen LogP contribution in [0.15, 0.2) is 78.9 Å². The number of nitrogens with zero attached hydrogens (tertiary/aromatic N) is 1. The fourth-order valence-electron chi connectivity index (χ4n) is 3.49. The molecule has 11 heteroatoms. The summed E-state index contributed by atoms with van der Waals surface area (Å²) in [7, 11) is -1.16. The molecular formula is C26H30N4O6S. The highest BCUT2D eigenvalue weighted by atomic mass is 32.2. The van der Waals surface area contributed by atoms with Crippen molar-refractivity contribution in [3.8, 4) is 11.5 Å². The van der Waals surface area contributed by atoms with Crippen molar-refractivity contribution < 1.29 is 27.5 Å². The molecule has 0 fully saturated rings. The summed E-state index contributed by atoms with van der Waals surface area (Å²) in [5.74, 6) is 0.786. The van der Waals surface area contributed by atoms with Crippen molar-refractivity contribution in [2.75, 3.05) is 30.4 Å². The number of urea groups is 1. The summed E-state index contributed by atoms with van der Waals surface area (Å²) < 4.78 is 39.7. The first kappa shape index (κ1) is 27.3. The molecule has 3 rings (SSSR count). The van der Waals surface area contributed by atoms with Crippen LogP contribution in [-0.2, 0) is 21.4 Å². The summed E-state index contributed by atoms with van der Waals surface area (Å²) in [6.07, 6.45) is 0.153. The predicted molar refractivity (Wildman–Crippen MR) is 142 cm³/mol. The SMILES string of the molecule is CCOc1ccc(NS(=O)(=O)NC(=O)NC(Cc2ccccc2)C(=O)N(C)c2ccc(OC)cc2)cc1. The number of methoxy groups -OCH3 is 1. The van der Waals surface area contributed by atoms with E-state index in [0.717, 1.165) is 5.56 Å². The van der Waals surface area contributed by atoms with Crippen LogP contribution in [-0.4, -0.2) is 47.2 Å². The lowest BCUT2D eigenvalue weighted by Gasteiger charge is -2.25. The summed E-state index contributed by atoms with van der Waals surface area (Å²) in [6, 6.07) is 20.1. The van der Waals surface area contributed by atoms with E-state index in [-0.39, 0.29) is 12.1 Å². The molecule has 0 bridgehead atoms. The predicted octanol–water partition coefficient (Wildman–Crippen LogP) is 3.32. The molecule has 3 aromatic rings. The topological polar surface area (TPSA) is 126 Å². The largest absolute Gasteiger partial charge is 0.497 e. The summed E-state index contributed by atoms with van der Waals surface area (Å²) in [5, 5.41) is 2.50. The van der Waals surface area contributed by atoms with Gasteiger partial charge < -0.3 is 19.7 Å². The third-order valence-electron chi connectivity index (χ3n) is 5.32. The molecule has 0 heterocycles. The van der Waals surface area contributed by atoms with Gasteiger partial charge in [0.1, 0.15) is 17.5 Å². The number of amides is 3. The van der Waals surface area contributed by atoms with Crippen molar-refractivity contribution >= 4 is 33.5 Å². The maximum Gasteiger partial charge on any atom is 0.330 e. The molecule has 0 saturated heterocycles. The molecule has 37 heavy (non-hydrogen) atoms. The number of likely N-dealkylation sites (N-methyl/N-ethyl adjacent to an activating group) is 1. The number of carbonyl (C=O) groups excluding carboxylic acids is 2. The fourth-order valence-corrected chi connectivity index (χ4v) is 4.29. The lowest BCUT2D eigenvalue weighted by molar-refractivity contribution is -0.120. The number of ether oxygens (including phenoxy) is 2. The van der Waals surface area contributed by atoms with E-state index in [9.17, 15) is 18.0 Å². The molecule has 0 aliphatic rings. The van der Waals surface area contributed by atoms with E-state index in [0.29, 0.717) is 23.8 Å². The van der Waals surface area contributed by atoms with Crippen molar-refractivity contribution in [2.24, 2.45) is 0 Å². The number of rotatable bonds is 11. The Kier molecular flexibility index (Phi) is 9.33. The zero-order chi connectivity index (χ0) is 26.8. The minimum Gasteiger partial charge on any atom is -0.497 e. The average molecular weight is 527 g/mol. The van der Waals surface area contributed by atoms with Crippen molar-refractivity contribution in [3.05, 3.63) is 84.4 Å². The quantitative estimate of drug-likeness (QED) is 0.352. The van der Waals surface area contributed by atoms with Gasteiger partial charge in [0.05, 0.1) is 19.4 Å². The van der Waals surface area contributed by atoms with Crippen LogP contribution in [0.25, 0.3) is 0 Å².